The van der Waals surface area contributed by atoms with Gasteiger partial charge in [-0.1, -0.05) is 13.8 Å². The summed E-state index contributed by atoms with van der Waals surface area (Å²) in [6, 6.07) is 4.28. The molecule has 0 radical (unpaired) electrons. The highest BCUT2D eigenvalue weighted by molar-refractivity contribution is 5.57. The van der Waals surface area contributed by atoms with Crippen LogP contribution in [-0.4, -0.2) is 56.7 Å². The summed E-state index contributed by atoms with van der Waals surface area (Å²) in [7, 11) is 0. The molecular formula is C25H38N6O. The molecule has 4 rings (SSSR count). The Labute approximate surface area is 192 Å². The van der Waals surface area contributed by atoms with Gasteiger partial charge in [0.1, 0.15) is 5.82 Å². The molecule has 0 spiro atoms. The molecule has 0 amide bonds. The summed E-state index contributed by atoms with van der Waals surface area (Å²) >= 11 is 0. The third kappa shape index (κ3) is 6.17. The maximum absolute atomic E-state index is 9.90. The van der Waals surface area contributed by atoms with Crippen molar-refractivity contribution in [3.8, 4) is 0 Å². The van der Waals surface area contributed by atoms with E-state index in [1.54, 1.807) is 6.20 Å². The summed E-state index contributed by atoms with van der Waals surface area (Å²) in [6.07, 6.45) is 9.61. The lowest BCUT2D eigenvalue weighted by atomic mass is 9.89. The van der Waals surface area contributed by atoms with Crippen LogP contribution in [0.4, 0.5) is 17.5 Å². The van der Waals surface area contributed by atoms with E-state index in [0.717, 1.165) is 68.8 Å². The van der Waals surface area contributed by atoms with Crippen molar-refractivity contribution in [3.63, 3.8) is 0 Å². The van der Waals surface area contributed by atoms with Crippen molar-refractivity contribution >= 4 is 17.5 Å². The van der Waals surface area contributed by atoms with E-state index in [2.05, 4.69) is 39.3 Å². The Bertz CT molecular complexity index is 872. The minimum Gasteiger partial charge on any atom is -0.393 e. The Morgan fingerprint density at radius 3 is 2.53 bits per heavy atom. The number of likely N-dealkylation sites (tertiary alicyclic amines) is 1. The van der Waals surface area contributed by atoms with Crippen molar-refractivity contribution < 1.29 is 5.11 Å². The van der Waals surface area contributed by atoms with Gasteiger partial charge in [0.15, 0.2) is 0 Å². The number of rotatable bonds is 7. The largest absolute Gasteiger partial charge is 0.393 e. The van der Waals surface area contributed by atoms with Crippen LogP contribution in [0.25, 0.3) is 0 Å². The summed E-state index contributed by atoms with van der Waals surface area (Å²) in [5.74, 6) is 2.75. The SMILES string of the molecule is Cc1cc(Nc2ncc(C3CCN(CC(C)C)CC3)c(NC3CCC(O)CC3)n2)ccn1. The topological polar surface area (TPSA) is 86.2 Å². The van der Waals surface area contributed by atoms with Gasteiger partial charge in [0.05, 0.1) is 6.10 Å². The molecule has 1 aliphatic heterocycles. The van der Waals surface area contributed by atoms with Gasteiger partial charge in [-0.2, -0.15) is 4.98 Å². The molecule has 1 saturated carbocycles. The van der Waals surface area contributed by atoms with Crippen LogP contribution in [0.3, 0.4) is 0 Å². The fourth-order valence-electron chi connectivity index (χ4n) is 4.97. The molecule has 2 aromatic rings. The molecule has 0 unspecified atom stereocenters. The van der Waals surface area contributed by atoms with Crippen molar-refractivity contribution in [1.82, 2.24) is 19.9 Å². The Kier molecular flexibility index (Phi) is 7.58. The normalized spacial score (nSPS) is 22.8. The zero-order valence-electron chi connectivity index (χ0n) is 19.7. The quantitative estimate of drug-likeness (QED) is 0.588. The van der Waals surface area contributed by atoms with E-state index in [-0.39, 0.29) is 6.10 Å². The molecule has 32 heavy (non-hydrogen) atoms. The molecule has 0 aromatic carbocycles. The molecule has 7 nitrogen and oxygen atoms in total. The Morgan fingerprint density at radius 2 is 1.84 bits per heavy atom. The lowest BCUT2D eigenvalue weighted by Crippen LogP contribution is -2.36. The van der Waals surface area contributed by atoms with Crippen LogP contribution in [0.1, 0.15) is 69.5 Å². The first kappa shape index (κ1) is 22.9. The van der Waals surface area contributed by atoms with E-state index in [1.165, 1.54) is 12.1 Å². The number of pyridine rings is 1. The highest BCUT2D eigenvalue weighted by Gasteiger charge is 2.26. The van der Waals surface area contributed by atoms with Crippen LogP contribution >= 0.6 is 0 Å². The van der Waals surface area contributed by atoms with Crippen molar-refractivity contribution in [3.05, 3.63) is 35.8 Å². The summed E-state index contributed by atoms with van der Waals surface area (Å²) in [6.45, 7) is 10.00. The number of nitrogens with zero attached hydrogens (tertiary/aromatic N) is 4. The molecule has 2 aromatic heterocycles. The number of nitrogens with one attached hydrogen (secondary N) is 2. The molecule has 3 heterocycles. The first-order valence-electron chi connectivity index (χ1n) is 12.2. The van der Waals surface area contributed by atoms with Crippen LogP contribution in [0, 0.1) is 12.8 Å². The minimum absolute atomic E-state index is 0.157. The first-order chi connectivity index (χ1) is 15.5. The highest BCUT2D eigenvalue weighted by atomic mass is 16.3. The number of hydrogen-bond acceptors (Lipinski definition) is 7. The second kappa shape index (κ2) is 10.6. The van der Waals surface area contributed by atoms with E-state index >= 15 is 0 Å². The maximum Gasteiger partial charge on any atom is 0.229 e. The average Bonchev–Trinajstić information content (AvgIpc) is 2.76. The maximum atomic E-state index is 9.90. The molecule has 2 fully saturated rings. The van der Waals surface area contributed by atoms with Crippen LogP contribution in [-0.2, 0) is 0 Å². The third-order valence-corrected chi connectivity index (χ3v) is 6.66. The number of aliphatic hydroxyl groups is 1. The van der Waals surface area contributed by atoms with Crippen molar-refractivity contribution in [1.29, 1.82) is 0 Å². The summed E-state index contributed by atoms with van der Waals surface area (Å²) < 4.78 is 0. The van der Waals surface area contributed by atoms with Crippen molar-refractivity contribution in [2.75, 3.05) is 30.3 Å². The van der Waals surface area contributed by atoms with Gasteiger partial charge in [-0.15, -0.1) is 0 Å². The predicted molar refractivity (Wildman–Crippen MR) is 129 cm³/mol. The molecule has 0 atom stereocenters. The average molecular weight is 439 g/mol. The van der Waals surface area contributed by atoms with Crippen LogP contribution in [0.5, 0.6) is 0 Å². The summed E-state index contributed by atoms with van der Waals surface area (Å²) in [4.78, 5) is 16.4. The van der Waals surface area contributed by atoms with Crippen LogP contribution in [0.2, 0.25) is 0 Å². The number of hydrogen-bond donors (Lipinski definition) is 3. The predicted octanol–water partition coefficient (Wildman–Crippen LogP) is 4.47. The molecule has 1 aliphatic carbocycles. The van der Waals surface area contributed by atoms with Crippen molar-refractivity contribution in [2.45, 2.75) is 77.4 Å². The monoisotopic (exact) mass is 438 g/mol. The highest BCUT2D eigenvalue weighted by Crippen LogP contribution is 2.34. The van der Waals surface area contributed by atoms with E-state index in [4.69, 9.17) is 4.98 Å². The first-order valence-corrected chi connectivity index (χ1v) is 12.2. The third-order valence-electron chi connectivity index (χ3n) is 6.66. The van der Waals surface area contributed by atoms with E-state index < -0.39 is 0 Å². The minimum atomic E-state index is -0.157. The van der Waals surface area contributed by atoms with Gasteiger partial charge < -0.3 is 20.6 Å². The lowest BCUT2D eigenvalue weighted by molar-refractivity contribution is 0.126. The molecule has 7 heteroatoms. The second-order valence-electron chi connectivity index (χ2n) is 9.93. The van der Waals surface area contributed by atoms with Gasteiger partial charge in [-0.05, 0) is 82.5 Å². The Hall–Kier alpha value is -2.25. The standard InChI is InChI=1S/C25H38N6O/c1-17(2)16-31-12-9-19(10-13-31)23-15-27-25(29-21-8-11-26-18(3)14-21)30-24(23)28-20-4-6-22(32)7-5-20/h8,11,14-15,17,19-20,22,32H,4-7,9-10,12-13,16H2,1-3H3,(H2,26,27,28,29,30). The zero-order chi connectivity index (χ0) is 22.5. The van der Waals surface area contributed by atoms with Gasteiger partial charge in [-0.3, -0.25) is 4.98 Å². The molecule has 0 bridgehead atoms. The molecule has 2 aliphatic rings. The van der Waals surface area contributed by atoms with E-state index in [1.807, 2.05) is 25.3 Å². The number of aliphatic hydroxyl groups excluding tert-OH is 1. The molecule has 3 N–H and O–H groups in total. The summed E-state index contributed by atoms with van der Waals surface area (Å²) in [5.41, 5.74) is 3.13. The van der Waals surface area contributed by atoms with Gasteiger partial charge >= 0.3 is 0 Å². The molecular weight excluding hydrogens is 400 g/mol. The number of piperidine rings is 1. The number of anilines is 3. The van der Waals surface area contributed by atoms with Gasteiger partial charge in [0, 0.05) is 41.9 Å². The fourth-order valence-corrected chi connectivity index (χ4v) is 4.97. The van der Waals surface area contributed by atoms with Crippen LogP contribution in [0.15, 0.2) is 24.5 Å². The molecule has 174 valence electrons. The molecule has 1 saturated heterocycles. The Morgan fingerprint density at radius 1 is 1.09 bits per heavy atom. The van der Waals surface area contributed by atoms with E-state index in [9.17, 15) is 5.11 Å². The number of aryl methyl sites for hydroxylation is 1. The second-order valence-corrected chi connectivity index (χ2v) is 9.93. The number of aromatic nitrogens is 3. The smallest absolute Gasteiger partial charge is 0.229 e. The van der Waals surface area contributed by atoms with Gasteiger partial charge in [0.25, 0.3) is 0 Å². The van der Waals surface area contributed by atoms with Gasteiger partial charge in [0.2, 0.25) is 5.95 Å². The lowest BCUT2D eigenvalue weighted by Gasteiger charge is -2.34. The zero-order valence-corrected chi connectivity index (χ0v) is 19.7. The van der Waals surface area contributed by atoms with Crippen molar-refractivity contribution in [2.24, 2.45) is 5.92 Å². The Balaban J connectivity index is 1.52. The summed E-state index contributed by atoms with van der Waals surface area (Å²) in [5, 5.41) is 17.0. The van der Waals surface area contributed by atoms with E-state index in [0.29, 0.717) is 23.8 Å². The van der Waals surface area contributed by atoms with Crippen LogP contribution < -0.4 is 10.6 Å². The van der Waals surface area contributed by atoms with Gasteiger partial charge in [-0.25, -0.2) is 4.98 Å². The fraction of sp³-hybridized carbons (Fsp3) is 0.640.